The Bertz CT molecular complexity index is 407. The minimum Gasteiger partial charge on any atom is -0.434 e. The van der Waals surface area contributed by atoms with E-state index in [4.69, 9.17) is 4.74 Å². The number of aliphatic hydroxyl groups is 1. The fourth-order valence-electron chi connectivity index (χ4n) is 1.66. The van der Waals surface area contributed by atoms with Crippen LogP contribution in [0.5, 0.6) is 5.75 Å². The highest BCUT2D eigenvalue weighted by molar-refractivity contribution is 9.10. The van der Waals surface area contributed by atoms with Crippen LogP contribution in [-0.4, -0.2) is 38.1 Å². The monoisotopic (exact) mass is 353 g/mol. The van der Waals surface area contributed by atoms with Gasteiger partial charge in [0.25, 0.3) is 0 Å². The summed E-state index contributed by atoms with van der Waals surface area (Å²) >= 11 is 3.29. The van der Waals surface area contributed by atoms with Crippen LogP contribution in [0.15, 0.2) is 22.7 Å². The van der Waals surface area contributed by atoms with Gasteiger partial charge in [0.1, 0.15) is 5.75 Å². The summed E-state index contributed by atoms with van der Waals surface area (Å²) in [4.78, 5) is 0. The Kier molecular flexibility index (Phi) is 7.98. The van der Waals surface area contributed by atoms with E-state index in [9.17, 15) is 13.9 Å². The molecule has 7 heteroatoms. The van der Waals surface area contributed by atoms with Crippen LogP contribution in [0.25, 0.3) is 0 Å². The number of hydrogen-bond donors (Lipinski definition) is 2. The number of methoxy groups -OCH3 is 1. The minimum absolute atomic E-state index is 0.146. The van der Waals surface area contributed by atoms with Gasteiger partial charge in [-0.15, -0.1) is 0 Å². The number of aliphatic hydroxyl groups excluding tert-OH is 1. The van der Waals surface area contributed by atoms with Gasteiger partial charge in [-0.2, -0.15) is 8.78 Å². The van der Waals surface area contributed by atoms with E-state index < -0.39 is 12.7 Å². The van der Waals surface area contributed by atoms with Crippen molar-refractivity contribution in [1.29, 1.82) is 0 Å². The van der Waals surface area contributed by atoms with Gasteiger partial charge in [0.05, 0.1) is 12.7 Å². The summed E-state index contributed by atoms with van der Waals surface area (Å²) in [5.41, 5.74) is 0.626. The summed E-state index contributed by atoms with van der Waals surface area (Å²) in [5.74, 6) is 0.146. The van der Waals surface area contributed by atoms with Crippen LogP contribution in [0.2, 0.25) is 0 Å². The van der Waals surface area contributed by atoms with Gasteiger partial charge in [0.15, 0.2) is 0 Å². The van der Waals surface area contributed by atoms with Gasteiger partial charge < -0.3 is 19.9 Å². The molecule has 1 rings (SSSR count). The Morgan fingerprint density at radius 3 is 2.80 bits per heavy atom. The summed E-state index contributed by atoms with van der Waals surface area (Å²) in [7, 11) is 1.52. The molecule has 1 aromatic carbocycles. The quantitative estimate of drug-likeness (QED) is 0.670. The molecule has 0 amide bonds. The van der Waals surface area contributed by atoms with E-state index in [0.717, 1.165) is 4.47 Å². The van der Waals surface area contributed by atoms with E-state index >= 15 is 0 Å². The SMILES string of the molecule is COCC(O)CCNCc1cc(Br)ccc1OC(F)F. The molecule has 1 atom stereocenters. The van der Waals surface area contributed by atoms with Crippen molar-refractivity contribution in [3.05, 3.63) is 28.2 Å². The van der Waals surface area contributed by atoms with Crippen molar-refractivity contribution in [2.24, 2.45) is 0 Å². The molecule has 0 radical (unpaired) electrons. The van der Waals surface area contributed by atoms with Gasteiger partial charge in [-0.05, 0) is 31.2 Å². The fraction of sp³-hybridized carbons (Fsp3) is 0.538. The van der Waals surface area contributed by atoms with Gasteiger partial charge in [0.2, 0.25) is 0 Å². The van der Waals surface area contributed by atoms with E-state index in [1.54, 1.807) is 12.1 Å². The average molecular weight is 354 g/mol. The third kappa shape index (κ3) is 6.60. The van der Waals surface area contributed by atoms with E-state index in [1.165, 1.54) is 13.2 Å². The van der Waals surface area contributed by atoms with Crippen molar-refractivity contribution < 1.29 is 23.4 Å². The van der Waals surface area contributed by atoms with Crippen LogP contribution in [0, 0.1) is 0 Å². The summed E-state index contributed by atoms with van der Waals surface area (Å²) < 4.78 is 34.6. The number of nitrogens with one attached hydrogen (secondary N) is 1. The molecule has 0 heterocycles. The lowest BCUT2D eigenvalue weighted by molar-refractivity contribution is -0.0505. The number of ether oxygens (including phenoxy) is 2. The Balaban J connectivity index is 2.47. The zero-order valence-corrected chi connectivity index (χ0v) is 12.7. The number of hydrogen-bond acceptors (Lipinski definition) is 4. The Morgan fingerprint density at radius 1 is 1.40 bits per heavy atom. The van der Waals surface area contributed by atoms with Gasteiger partial charge in [-0.25, -0.2) is 0 Å². The van der Waals surface area contributed by atoms with Crippen molar-refractivity contribution in [2.75, 3.05) is 20.3 Å². The second-order valence-electron chi connectivity index (χ2n) is 4.21. The maximum absolute atomic E-state index is 12.3. The first-order valence-corrected chi connectivity index (χ1v) is 6.93. The van der Waals surface area contributed by atoms with Crippen molar-refractivity contribution in [1.82, 2.24) is 5.32 Å². The lowest BCUT2D eigenvalue weighted by atomic mass is 10.2. The third-order valence-electron chi connectivity index (χ3n) is 2.57. The van der Waals surface area contributed by atoms with Gasteiger partial charge in [-0.3, -0.25) is 0 Å². The first-order valence-electron chi connectivity index (χ1n) is 6.14. The van der Waals surface area contributed by atoms with Crippen molar-refractivity contribution in [2.45, 2.75) is 25.7 Å². The van der Waals surface area contributed by atoms with Gasteiger partial charge in [-0.1, -0.05) is 15.9 Å². The standard InChI is InChI=1S/C13H18BrF2NO3/c1-19-8-11(18)4-5-17-7-9-6-10(14)2-3-12(9)20-13(15)16/h2-3,6,11,13,17-18H,4-5,7-8H2,1H3. The summed E-state index contributed by atoms with van der Waals surface area (Å²) in [6.07, 6.45) is -0.0147. The van der Waals surface area contributed by atoms with Gasteiger partial charge in [0, 0.05) is 23.7 Å². The van der Waals surface area contributed by atoms with E-state index in [-0.39, 0.29) is 12.4 Å². The highest BCUT2D eigenvalue weighted by Crippen LogP contribution is 2.24. The molecule has 0 aromatic heterocycles. The maximum atomic E-state index is 12.3. The Hall–Kier alpha value is -0.760. The molecule has 1 unspecified atom stereocenters. The minimum atomic E-state index is -2.85. The molecule has 0 bridgehead atoms. The summed E-state index contributed by atoms with van der Waals surface area (Å²) in [6.45, 7) is -1.65. The molecular formula is C13H18BrF2NO3. The molecule has 0 spiro atoms. The molecular weight excluding hydrogens is 336 g/mol. The third-order valence-corrected chi connectivity index (χ3v) is 3.06. The van der Waals surface area contributed by atoms with Crippen LogP contribution in [0.1, 0.15) is 12.0 Å². The topological polar surface area (TPSA) is 50.7 Å². The number of rotatable bonds is 9. The summed E-state index contributed by atoms with van der Waals surface area (Å²) in [6, 6.07) is 4.85. The van der Waals surface area contributed by atoms with Crippen molar-refractivity contribution in [3.63, 3.8) is 0 Å². The molecule has 0 aliphatic heterocycles. The second kappa shape index (κ2) is 9.23. The second-order valence-corrected chi connectivity index (χ2v) is 5.12. The smallest absolute Gasteiger partial charge is 0.387 e. The Morgan fingerprint density at radius 2 is 2.15 bits per heavy atom. The molecule has 2 N–H and O–H groups in total. The lowest BCUT2D eigenvalue weighted by Gasteiger charge is -2.13. The molecule has 0 aliphatic carbocycles. The zero-order valence-electron chi connectivity index (χ0n) is 11.1. The van der Waals surface area contributed by atoms with Crippen LogP contribution in [0.4, 0.5) is 8.78 Å². The molecule has 20 heavy (non-hydrogen) atoms. The molecule has 0 aliphatic rings. The summed E-state index contributed by atoms with van der Waals surface area (Å²) in [5, 5.41) is 12.5. The van der Waals surface area contributed by atoms with Gasteiger partial charge >= 0.3 is 6.61 Å². The van der Waals surface area contributed by atoms with E-state index in [2.05, 4.69) is 26.0 Å². The van der Waals surface area contributed by atoms with Crippen molar-refractivity contribution in [3.8, 4) is 5.75 Å². The predicted octanol–water partition coefficient (Wildman–Crippen LogP) is 2.54. The lowest BCUT2D eigenvalue weighted by Crippen LogP contribution is -2.23. The molecule has 114 valence electrons. The van der Waals surface area contributed by atoms with Crippen LogP contribution in [-0.2, 0) is 11.3 Å². The number of halogens is 3. The van der Waals surface area contributed by atoms with Crippen LogP contribution < -0.4 is 10.1 Å². The average Bonchev–Trinajstić information content (AvgIpc) is 2.37. The molecule has 4 nitrogen and oxygen atoms in total. The normalized spacial score (nSPS) is 12.7. The largest absolute Gasteiger partial charge is 0.434 e. The van der Waals surface area contributed by atoms with E-state index in [1.807, 2.05) is 0 Å². The Labute approximate surface area is 125 Å². The number of alkyl halides is 2. The predicted molar refractivity (Wildman–Crippen MR) is 75.0 cm³/mol. The zero-order chi connectivity index (χ0) is 15.0. The molecule has 0 saturated heterocycles. The fourth-order valence-corrected chi connectivity index (χ4v) is 2.07. The maximum Gasteiger partial charge on any atom is 0.387 e. The first kappa shape index (κ1) is 17.3. The molecule has 1 aromatic rings. The van der Waals surface area contributed by atoms with Crippen molar-refractivity contribution >= 4 is 15.9 Å². The highest BCUT2D eigenvalue weighted by Gasteiger charge is 2.10. The van der Waals surface area contributed by atoms with E-state index in [0.29, 0.717) is 25.1 Å². The van der Waals surface area contributed by atoms with Crippen LogP contribution in [0.3, 0.4) is 0 Å². The first-order chi connectivity index (χ1) is 9.52. The highest BCUT2D eigenvalue weighted by atomic mass is 79.9. The molecule has 0 saturated carbocycles. The van der Waals surface area contributed by atoms with Crippen LogP contribution >= 0.6 is 15.9 Å². The number of benzene rings is 1. The molecule has 0 fully saturated rings.